The van der Waals surface area contributed by atoms with E-state index >= 15 is 0 Å². The molecule has 0 unspecified atom stereocenters. The number of rotatable bonds is 13. The van der Waals surface area contributed by atoms with Crippen LogP contribution in [-0.4, -0.2) is 91.5 Å². The highest BCUT2D eigenvalue weighted by atomic mass is 16.6. The largest absolute Gasteiger partial charge is 0.481 e. The number of nitrogens with zero attached hydrogens (tertiary/aromatic N) is 1. The van der Waals surface area contributed by atoms with Gasteiger partial charge in [0.2, 0.25) is 0 Å². The molecule has 2 aliphatic rings. The summed E-state index contributed by atoms with van der Waals surface area (Å²) in [6.45, 7) is 17.4. The summed E-state index contributed by atoms with van der Waals surface area (Å²) < 4.78 is 24.1. The van der Waals surface area contributed by atoms with Gasteiger partial charge in [0.05, 0.1) is 36.4 Å². The normalized spacial score (nSPS) is 27.2. The summed E-state index contributed by atoms with van der Waals surface area (Å²) >= 11 is 0. The van der Waals surface area contributed by atoms with E-state index in [1.54, 1.807) is 12.0 Å². The van der Waals surface area contributed by atoms with Crippen molar-refractivity contribution in [1.29, 1.82) is 0 Å². The van der Waals surface area contributed by atoms with Crippen LogP contribution < -0.4 is 5.32 Å². The van der Waals surface area contributed by atoms with Gasteiger partial charge in [0, 0.05) is 39.1 Å². The number of aliphatic carboxylic acids is 1. The molecule has 0 saturated carbocycles. The maximum absolute atomic E-state index is 12.9. The highest BCUT2D eigenvalue weighted by Crippen LogP contribution is 2.33. The van der Waals surface area contributed by atoms with Crippen LogP contribution in [0.15, 0.2) is 23.8 Å². The number of hydrogen-bond donors (Lipinski definition) is 2. The zero-order valence-electron chi connectivity index (χ0n) is 26.0. The SMILES string of the molecule is CC[C@H](OC)[C@@H](C)OC(C)(C)C[C@H](C)/C=C/C=C(\C)[C@H]1O[C@@H](CC(=O)O)C[C@@H](OC(=O)N2CCCNCC2)[C@@H]1C. The van der Waals surface area contributed by atoms with E-state index in [1.807, 2.05) is 26.0 Å². The zero-order valence-corrected chi connectivity index (χ0v) is 26.0. The molecule has 0 aromatic carbocycles. The molecule has 0 spiro atoms. The molecule has 9 heteroatoms. The Balaban J connectivity index is 2.05. The molecule has 2 saturated heterocycles. The maximum atomic E-state index is 12.9. The van der Waals surface area contributed by atoms with Crippen molar-refractivity contribution in [1.82, 2.24) is 10.2 Å². The van der Waals surface area contributed by atoms with Gasteiger partial charge in [-0.25, -0.2) is 4.79 Å². The lowest BCUT2D eigenvalue weighted by atomic mass is 9.85. The van der Waals surface area contributed by atoms with Gasteiger partial charge in [0.1, 0.15) is 6.10 Å². The topological polar surface area (TPSA) is 107 Å². The lowest BCUT2D eigenvalue weighted by molar-refractivity contribution is -0.151. The number of carboxylic acids is 1. The second kappa shape index (κ2) is 16.5. The molecule has 2 aliphatic heterocycles. The number of carboxylic acid groups (broad SMARTS) is 1. The number of allylic oxidation sites excluding steroid dienone is 3. The Hall–Kier alpha value is -1.94. The third-order valence-electron chi connectivity index (χ3n) is 7.95. The quantitative estimate of drug-likeness (QED) is 0.293. The highest BCUT2D eigenvalue weighted by molar-refractivity contribution is 5.68. The van der Waals surface area contributed by atoms with Crippen LogP contribution in [-0.2, 0) is 23.7 Å². The molecule has 1 amide bonds. The fourth-order valence-corrected chi connectivity index (χ4v) is 5.94. The van der Waals surface area contributed by atoms with Crippen LogP contribution in [0.5, 0.6) is 0 Å². The molecule has 7 atom stereocenters. The molecule has 9 nitrogen and oxygen atoms in total. The van der Waals surface area contributed by atoms with Gasteiger partial charge in [-0.15, -0.1) is 0 Å². The molecule has 0 radical (unpaired) electrons. The molecule has 0 aliphatic carbocycles. The molecule has 0 aromatic rings. The van der Waals surface area contributed by atoms with Crippen molar-refractivity contribution in [3.63, 3.8) is 0 Å². The number of carbonyl (C=O) groups excluding carboxylic acids is 1. The summed E-state index contributed by atoms with van der Waals surface area (Å²) in [4.78, 5) is 26.2. The Morgan fingerprint density at radius 3 is 2.60 bits per heavy atom. The average molecular weight is 567 g/mol. The first kappa shape index (κ1) is 34.3. The van der Waals surface area contributed by atoms with E-state index in [0.717, 1.165) is 37.9 Å². The molecule has 2 fully saturated rings. The van der Waals surface area contributed by atoms with Crippen molar-refractivity contribution in [2.45, 2.75) is 117 Å². The van der Waals surface area contributed by atoms with E-state index in [1.165, 1.54) is 0 Å². The third kappa shape index (κ3) is 11.1. The van der Waals surface area contributed by atoms with Gasteiger partial charge >= 0.3 is 12.1 Å². The number of carbonyl (C=O) groups is 2. The van der Waals surface area contributed by atoms with Crippen LogP contribution in [0, 0.1) is 11.8 Å². The summed E-state index contributed by atoms with van der Waals surface area (Å²) in [6, 6.07) is 0. The molecular formula is C31H54N2O7. The minimum atomic E-state index is -0.924. The van der Waals surface area contributed by atoms with Crippen molar-refractivity contribution in [3.8, 4) is 0 Å². The molecule has 2 heterocycles. The van der Waals surface area contributed by atoms with Crippen LogP contribution >= 0.6 is 0 Å². The Morgan fingerprint density at radius 1 is 1.23 bits per heavy atom. The number of methoxy groups -OCH3 is 1. The van der Waals surface area contributed by atoms with Crippen LogP contribution in [0.2, 0.25) is 0 Å². The van der Waals surface area contributed by atoms with Crippen molar-refractivity contribution in [2.75, 3.05) is 33.3 Å². The maximum Gasteiger partial charge on any atom is 0.410 e. The van der Waals surface area contributed by atoms with E-state index in [0.29, 0.717) is 19.5 Å². The Bertz CT molecular complexity index is 847. The molecular weight excluding hydrogens is 512 g/mol. The first-order chi connectivity index (χ1) is 18.9. The lowest BCUT2D eigenvalue weighted by Gasteiger charge is -2.40. The molecule has 0 bridgehead atoms. The van der Waals surface area contributed by atoms with Gasteiger partial charge in [-0.05, 0) is 65.0 Å². The third-order valence-corrected chi connectivity index (χ3v) is 7.95. The number of nitrogens with one attached hydrogen (secondary N) is 1. The summed E-state index contributed by atoms with van der Waals surface area (Å²) in [5, 5.41) is 12.7. The standard InChI is InChI=1S/C31H54N2O7/c1-9-26(37-8)24(5)40-31(6,7)20-21(2)12-10-13-22(3)29-23(4)27(18-25(38-29)19-28(34)35)39-30(36)33-16-11-14-32-15-17-33/h10,12-13,21,23-27,29,32H,9,11,14-20H2,1-8H3,(H,34,35)/b12-10+,22-13+/t21-,23+,24-,25-,26+,27-,29-/m1/s1. The van der Waals surface area contributed by atoms with Crippen LogP contribution in [0.1, 0.15) is 80.6 Å². The molecule has 2 rings (SSSR count). The predicted molar refractivity (Wildman–Crippen MR) is 156 cm³/mol. The second-order valence-corrected chi connectivity index (χ2v) is 12.1. The Morgan fingerprint density at radius 2 is 1.95 bits per heavy atom. The molecule has 40 heavy (non-hydrogen) atoms. The van der Waals surface area contributed by atoms with E-state index in [9.17, 15) is 14.7 Å². The fraction of sp³-hybridized carbons (Fsp3) is 0.806. The molecule has 0 aromatic heterocycles. The summed E-state index contributed by atoms with van der Waals surface area (Å²) in [6.07, 6.45) is 7.54. The van der Waals surface area contributed by atoms with E-state index < -0.39 is 18.2 Å². The highest BCUT2D eigenvalue weighted by Gasteiger charge is 2.40. The average Bonchev–Trinajstić information content (AvgIpc) is 3.15. The van der Waals surface area contributed by atoms with Gasteiger partial charge in [0.15, 0.2) is 0 Å². The van der Waals surface area contributed by atoms with Crippen LogP contribution in [0.25, 0.3) is 0 Å². The van der Waals surface area contributed by atoms with Gasteiger partial charge < -0.3 is 34.3 Å². The molecule has 2 N–H and O–H groups in total. The van der Waals surface area contributed by atoms with E-state index in [2.05, 4.69) is 46.0 Å². The van der Waals surface area contributed by atoms with Crippen LogP contribution in [0.4, 0.5) is 4.79 Å². The van der Waals surface area contributed by atoms with Crippen molar-refractivity contribution in [3.05, 3.63) is 23.8 Å². The van der Waals surface area contributed by atoms with E-state index in [-0.39, 0.29) is 48.3 Å². The first-order valence-corrected chi connectivity index (χ1v) is 15.0. The summed E-state index contributed by atoms with van der Waals surface area (Å²) in [5.41, 5.74) is 0.667. The lowest BCUT2D eigenvalue weighted by Crippen LogP contribution is -2.48. The first-order valence-electron chi connectivity index (χ1n) is 15.0. The van der Waals surface area contributed by atoms with Gasteiger partial charge in [-0.2, -0.15) is 0 Å². The summed E-state index contributed by atoms with van der Waals surface area (Å²) in [5.74, 6) is -0.760. The van der Waals surface area contributed by atoms with Crippen molar-refractivity contribution >= 4 is 12.1 Å². The van der Waals surface area contributed by atoms with Crippen molar-refractivity contribution < 1.29 is 33.6 Å². The van der Waals surface area contributed by atoms with Crippen LogP contribution in [0.3, 0.4) is 0 Å². The van der Waals surface area contributed by atoms with Gasteiger partial charge in [-0.3, -0.25) is 4.79 Å². The number of amides is 1. The summed E-state index contributed by atoms with van der Waals surface area (Å²) in [7, 11) is 1.72. The predicted octanol–water partition coefficient (Wildman–Crippen LogP) is 5.19. The zero-order chi connectivity index (χ0) is 29.9. The van der Waals surface area contributed by atoms with Crippen molar-refractivity contribution in [2.24, 2.45) is 11.8 Å². The van der Waals surface area contributed by atoms with Gasteiger partial charge in [0.25, 0.3) is 0 Å². The number of hydrogen-bond acceptors (Lipinski definition) is 7. The van der Waals surface area contributed by atoms with Gasteiger partial charge in [-0.1, -0.05) is 39.0 Å². The Labute approximate surface area is 241 Å². The number of ether oxygens (including phenoxy) is 4. The fourth-order valence-electron chi connectivity index (χ4n) is 5.94. The Kier molecular flexibility index (Phi) is 14.1. The second-order valence-electron chi connectivity index (χ2n) is 12.1. The minimum Gasteiger partial charge on any atom is -0.481 e. The minimum absolute atomic E-state index is 0.00470. The molecule has 230 valence electrons. The van der Waals surface area contributed by atoms with E-state index in [4.69, 9.17) is 18.9 Å². The monoisotopic (exact) mass is 566 g/mol. The smallest absolute Gasteiger partial charge is 0.410 e.